The molecule has 5 aromatic heterocycles. The summed E-state index contributed by atoms with van der Waals surface area (Å²) in [5.41, 5.74) is 4.33. The molecule has 0 saturated carbocycles. The SMILES string of the molecule is Cc1ccc(-c2nccc3[nH]c(-c4n[nH]c5ccc(-c6cncnc6)c(F)c45)nc23)s1. The van der Waals surface area contributed by atoms with Gasteiger partial charge in [0.25, 0.3) is 0 Å². The number of imidazole rings is 1. The number of nitrogens with zero attached hydrogens (tertiary/aromatic N) is 5. The third kappa shape index (κ3) is 2.82. The van der Waals surface area contributed by atoms with Crippen LogP contribution in [0.25, 0.3) is 55.2 Å². The standard InChI is InChI=1S/C22H14FN7S/c1-11-2-5-16(31-11)20-19-15(6-7-26-20)27-22(28-19)21-17-14(29-30-21)4-3-13(18(17)23)12-8-24-10-25-9-12/h2-10H,1H3,(H,27,28)(H,29,30). The lowest BCUT2D eigenvalue weighted by atomic mass is 10.0. The van der Waals surface area contributed by atoms with Gasteiger partial charge in [-0.05, 0) is 37.3 Å². The summed E-state index contributed by atoms with van der Waals surface area (Å²) in [7, 11) is 0. The molecule has 6 aromatic rings. The number of thiophene rings is 1. The number of aromatic amines is 2. The molecular weight excluding hydrogens is 413 g/mol. The first-order valence-corrected chi connectivity index (χ1v) is 10.3. The van der Waals surface area contributed by atoms with Gasteiger partial charge in [0.05, 0.1) is 21.3 Å². The predicted molar refractivity (Wildman–Crippen MR) is 118 cm³/mol. The molecule has 7 nitrogen and oxygen atoms in total. The van der Waals surface area contributed by atoms with Gasteiger partial charge < -0.3 is 4.98 Å². The first kappa shape index (κ1) is 17.8. The molecule has 0 atom stereocenters. The van der Waals surface area contributed by atoms with E-state index in [4.69, 9.17) is 4.98 Å². The molecule has 9 heteroatoms. The monoisotopic (exact) mass is 427 g/mol. The topological polar surface area (TPSA) is 96.0 Å². The Morgan fingerprint density at radius 2 is 1.84 bits per heavy atom. The average molecular weight is 427 g/mol. The quantitative estimate of drug-likeness (QED) is 0.408. The van der Waals surface area contributed by atoms with Crippen molar-refractivity contribution in [1.29, 1.82) is 0 Å². The molecule has 150 valence electrons. The van der Waals surface area contributed by atoms with Gasteiger partial charge in [0.2, 0.25) is 0 Å². The normalized spacial score (nSPS) is 11.5. The van der Waals surface area contributed by atoms with Crippen molar-refractivity contribution in [3.63, 3.8) is 0 Å². The van der Waals surface area contributed by atoms with Gasteiger partial charge in [-0.2, -0.15) is 5.10 Å². The summed E-state index contributed by atoms with van der Waals surface area (Å²) in [6, 6.07) is 9.43. The highest BCUT2D eigenvalue weighted by Gasteiger charge is 2.20. The maximum absolute atomic E-state index is 15.6. The molecule has 0 aliphatic carbocycles. The Bertz CT molecular complexity index is 1570. The van der Waals surface area contributed by atoms with Gasteiger partial charge in [-0.1, -0.05) is 0 Å². The Hall–Kier alpha value is -3.98. The molecule has 0 aliphatic heterocycles. The van der Waals surface area contributed by atoms with Crippen LogP contribution < -0.4 is 0 Å². The molecule has 0 fully saturated rings. The van der Waals surface area contributed by atoms with E-state index in [0.29, 0.717) is 33.5 Å². The van der Waals surface area contributed by atoms with E-state index in [2.05, 4.69) is 43.1 Å². The summed E-state index contributed by atoms with van der Waals surface area (Å²) in [4.78, 5) is 22.8. The number of fused-ring (bicyclic) bond motifs is 2. The number of nitrogens with one attached hydrogen (secondary N) is 2. The second-order valence-electron chi connectivity index (χ2n) is 7.10. The zero-order valence-corrected chi connectivity index (χ0v) is 17.0. The van der Waals surface area contributed by atoms with Gasteiger partial charge in [0.1, 0.15) is 29.0 Å². The zero-order chi connectivity index (χ0) is 20.9. The van der Waals surface area contributed by atoms with Gasteiger partial charge in [-0.25, -0.2) is 19.3 Å². The number of pyridine rings is 1. The minimum atomic E-state index is -0.399. The fraction of sp³-hybridized carbons (Fsp3) is 0.0455. The van der Waals surface area contributed by atoms with Gasteiger partial charge in [-0.15, -0.1) is 11.3 Å². The molecule has 6 rings (SSSR count). The fourth-order valence-electron chi connectivity index (χ4n) is 3.69. The number of H-pyrrole nitrogens is 2. The molecule has 5 heterocycles. The summed E-state index contributed by atoms with van der Waals surface area (Å²) in [6.07, 6.45) is 6.32. The number of rotatable bonds is 3. The van der Waals surface area contributed by atoms with Crippen LogP contribution in [0.1, 0.15) is 4.88 Å². The lowest BCUT2D eigenvalue weighted by molar-refractivity contribution is 0.643. The third-order valence-corrected chi connectivity index (χ3v) is 6.14. The molecule has 1 aromatic carbocycles. The van der Waals surface area contributed by atoms with E-state index < -0.39 is 5.82 Å². The minimum absolute atomic E-state index is 0.363. The van der Waals surface area contributed by atoms with Gasteiger partial charge in [-0.3, -0.25) is 10.1 Å². The predicted octanol–water partition coefficient (Wildman–Crippen LogP) is 5.13. The van der Waals surface area contributed by atoms with Gasteiger partial charge >= 0.3 is 0 Å². The van der Waals surface area contributed by atoms with Crippen LogP contribution in [0.5, 0.6) is 0 Å². The maximum atomic E-state index is 15.6. The van der Waals surface area contributed by atoms with Gasteiger partial charge in [0, 0.05) is 34.6 Å². The molecule has 0 radical (unpaired) electrons. The van der Waals surface area contributed by atoms with Crippen molar-refractivity contribution in [3.8, 4) is 33.2 Å². The van der Waals surface area contributed by atoms with Crippen LogP contribution in [0.3, 0.4) is 0 Å². The molecule has 0 unspecified atom stereocenters. The van der Waals surface area contributed by atoms with Crippen molar-refractivity contribution in [3.05, 3.63) is 65.9 Å². The highest BCUT2D eigenvalue weighted by molar-refractivity contribution is 7.15. The first-order chi connectivity index (χ1) is 15.2. The van der Waals surface area contributed by atoms with Crippen molar-refractivity contribution in [2.75, 3.05) is 0 Å². The second kappa shape index (κ2) is 6.78. The number of halogens is 1. The Morgan fingerprint density at radius 3 is 2.65 bits per heavy atom. The highest BCUT2D eigenvalue weighted by Crippen LogP contribution is 2.35. The molecule has 0 bridgehead atoms. The summed E-state index contributed by atoms with van der Waals surface area (Å²) in [6.45, 7) is 2.05. The van der Waals surface area contributed by atoms with Crippen molar-refractivity contribution < 1.29 is 4.39 Å². The molecule has 0 aliphatic rings. The second-order valence-corrected chi connectivity index (χ2v) is 8.39. The molecule has 2 N–H and O–H groups in total. The van der Waals surface area contributed by atoms with E-state index >= 15 is 4.39 Å². The number of hydrogen-bond acceptors (Lipinski definition) is 6. The van der Waals surface area contributed by atoms with Crippen LogP contribution in [0.15, 0.2) is 55.2 Å². The lowest BCUT2D eigenvalue weighted by Gasteiger charge is -2.04. The maximum Gasteiger partial charge on any atom is 0.159 e. The van der Waals surface area contributed by atoms with E-state index in [1.165, 1.54) is 11.2 Å². The lowest BCUT2D eigenvalue weighted by Crippen LogP contribution is -1.90. The van der Waals surface area contributed by atoms with E-state index in [1.807, 2.05) is 12.1 Å². The van der Waals surface area contributed by atoms with Crippen molar-refractivity contribution >= 4 is 33.3 Å². The number of hydrogen-bond donors (Lipinski definition) is 2. The Kier molecular flexibility index (Phi) is 3.90. The van der Waals surface area contributed by atoms with E-state index in [-0.39, 0.29) is 0 Å². The number of benzene rings is 1. The number of aryl methyl sites for hydroxylation is 1. The van der Waals surface area contributed by atoms with Crippen molar-refractivity contribution in [1.82, 2.24) is 35.1 Å². The van der Waals surface area contributed by atoms with Crippen molar-refractivity contribution in [2.24, 2.45) is 0 Å². The smallest absolute Gasteiger partial charge is 0.159 e. The van der Waals surface area contributed by atoms with E-state index in [0.717, 1.165) is 21.6 Å². The Labute approximate surface area is 179 Å². The Morgan fingerprint density at radius 1 is 0.968 bits per heavy atom. The summed E-state index contributed by atoms with van der Waals surface area (Å²) >= 11 is 1.66. The summed E-state index contributed by atoms with van der Waals surface area (Å²) in [5, 5.41) is 7.62. The van der Waals surface area contributed by atoms with Crippen LogP contribution >= 0.6 is 11.3 Å². The molecular formula is C22H14FN7S. The molecule has 0 saturated heterocycles. The van der Waals surface area contributed by atoms with Crippen LogP contribution in [-0.2, 0) is 0 Å². The van der Waals surface area contributed by atoms with Crippen LogP contribution in [-0.4, -0.2) is 35.1 Å². The third-order valence-electron chi connectivity index (χ3n) is 5.14. The zero-order valence-electron chi connectivity index (χ0n) is 16.2. The molecule has 0 spiro atoms. The summed E-state index contributed by atoms with van der Waals surface area (Å²) < 4.78 is 15.6. The molecule has 31 heavy (non-hydrogen) atoms. The van der Waals surface area contributed by atoms with E-state index in [9.17, 15) is 0 Å². The first-order valence-electron chi connectivity index (χ1n) is 9.53. The number of aromatic nitrogens is 7. The van der Waals surface area contributed by atoms with Crippen LogP contribution in [0, 0.1) is 12.7 Å². The van der Waals surface area contributed by atoms with Crippen LogP contribution in [0.4, 0.5) is 4.39 Å². The van der Waals surface area contributed by atoms with Crippen molar-refractivity contribution in [2.45, 2.75) is 6.92 Å². The highest BCUT2D eigenvalue weighted by atomic mass is 32.1. The Balaban J connectivity index is 1.56. The van der Waals surface area contributed by atoms with E-state index in [1.54, 1.807) is 42.1 Å². The largest absolute Gasteiger partial charge is 0.336 e. The van der Waals surface area contributed by atoms with Crippen LogP contribution in [0.2, 0.25) is 0 Å². The molecule has 0 amide bonds. The summed E-state index contributed by atoms with van der Waals surface area (Å²) in [5.74, 6) is 0.0767. The minimum Gasteiger partial charge on any atom is -0.336 e. The average Bonchev–Trinajstić information content (AvgIpc) is 3.52. The fourth-order valence-corrected chi connectivity index (χ4v) is 4.56. The van der Waals surface area contributed by atoms with Gasteiger partial charge in [0.15, 0.2) is 5.82 Å².